The zero-order valence-electron chi connectivity index (χ0n) is 10.4. The Morgan fingerprint density at radius 2 is 2.39 bits per heavy atom. The van der Waals surface area contributed by atoms with Crippen molar-refractivity contribution < 1.29 is 4.79 Å². The number of amides is 1. The van der Waals surface area contributed by atoms with E-state index in [0.29, 0.717) is 11.4 Å². The number of carbonyl (C=O) groups excluding carboxylic acids is 1. The van der Waals surface area contributed by atoms with E-state index in [-0.39, 0.29) is 11.9 Å². The van der Waals surface area contributed by atoms with Gasteiger partial charge in [-0.2, -0.15) is 16.9 Å². The highest BCUT2D eigenvalue weighted by Crippen LogP contribution is 2.18. The number of rotatable bonds is 4. The summed E-state index contributed by atoms with van der Waals surface area (Å²) in [7, 11) is 0. The number of carbonyl (C=O) groups is 1. The minimum absolute atomic E-state index is 0.111. The molecule has 0 saturated heterocycles. The third kappa shape index (κ3) is 2.59. The minimum Gasteiger partial charge on any atom is -0.399 e. The standard InChI is InChI=1S/C12H16N4OS/c1-7(6-18-2)14-12(17)11-9-5-8(13)3-4-10(9)15-16-11/h3-5,7H,6,13H2,1-2H3,(H,14,17)(H,15,16). The fourth-order valence-electron chi connectivity index (χ4n) is 1.79. The number of nitrogens with two attached hydrogens (primary N) is 1. The highest BCUT2D eigenvalue weighted by Gasteiger charge is 2.15. The molecule has 0 saturated carbocycles. The summed E-state index contributed by atoms with van der Waals surface area (Å²) in [6, 6.07) is 5.46. The zero-order chi connectivity index (χ0) is 13.1. The van der Waals surface area contributed by atoms with Crippen LogP contribution in [0, 0.1) is 0 Å². The number of aromatic nitrogens is 2. The molecule has 2 rings (SSSR count). The molecule has 0 fully saturated rings. The average molecular weight is 264 g/mol. The maximum absolute atomic E-state index is 12.1. The van der Waals surface area contributed by atoms with Crippen LogP contribution in [-0.2, 0) is 0 Å². The van der Waals surface area contributed by atoms with E-state index in [2.05, 4.69) is 15.5 Å². The lowest BCUT2D eigenvalue weighted by molar-refractivity contribution is 0.0940. The van der Waals surface area contributed by atoms with Crippen molar-refractivity contribution in [2.45, 2.75) is 13.0 Å². The van der Waals surface area contributed by atoms with Crippen molar-refractivity contribution in [2.75, 3.05) is 17.7 Å². The van der Waals surface area contributed by atoms with Gasteiger partial charge in [0.15, 0.2) is 5.69 Å². The third-order valence-electron chi connectivity index (χ3n) is 2.60. The SMILES string of the molecule is CSCC(C)NC(=O)c1n[nH]c2ccc(N)cc12. The maximum Gasteiger partial charge on any atom is 0.272 e. The molecule has 4 N–H and O–H groups in total. The van der Waals surface area contributed by atoms with Crippen LogP contribution in [0.4, 0.5) is 5.69 Å². The van der Waals surface area contributed by atoms with Gasteiger partial charge in [-0.05, 0) is 31.4 Å². The molecule has 5 nitrogen and oxygen atoms in total. The number of H-pyrrole nitrogens is 1. The van der Waals surface area contributed by atoms with Gasteiger partial charge in [-0.1, -0.05) is 0 Å². The summed E-state index contributed by atoms with van der Waals surface area (Å²) in [5, 5.41) is 10.5. The van der Waals surface area contributed by atoms with Crippen molar-refractivity contribution >= 4 is 34.3 Å². The largest absolute Gasteiger partial charge is 0.399 e. The number of nitrogens with zero attached hydrogens (tertiary/aromatic N) is 1. The molecule has 18 heavy (non-hydrogen) atoms. The molecular formula is C12H16N4OS. The van der Waals surface area contributed by atoms with Gasteiger partial charge in [0.05, 0.1) is 5.52 Å². The first-order valence-electron chi connectivity index (χ1n) is 5.65. The molecule has 1 heterocycles. The minimum atomic E-state index is -0.173. The predicted molar refractivity (Wildman–Crippen MR) is 75.8 cm³/mol. The van der Waals surface area contributed by atoms with Crippen LogP contribution < -0.4 is 11.1 Å². The molecule has 1 amide bonds. The summed E-state index contributed by atoms with van der Waals surface area (Å²) < 4.78 is 0. The fourth-order valence-corrected chi connectivity index (χ4v) is 2.37. The molecular weight excluding hydrogens is 248 g/mol. The number of fused-ring (bicyclic) bond motifs is 1. The summed E-state index contributed by atoms with van der Waals surface area (Å²) in [4.78, 5) is 12.1. The van der Waals surface area contributed by atoms with Gasteiger partial charge >= 0.3 is 0 Å². The van der Waals surface area contributed by atoms with E-state index in [4.69, 9.17) is 5.73 Å². The average Bonchev–Trinajstić information content (AvgIpc) is 2.71. The quantitative estimate of drug-likeness (QED) is 0.733. The van der Waals surface area contributed by atoms with Gasteiger partial charge < -0.3 is 11.1 Å². The Morgan fingerprint density at radius 3 is 3.11 bits per heavy atom. The topological polar surface area (TPSA) is 83.8 Å². The van der Waals surface area contributed by atoms with Crippen LogP contribution in [0.5, 0.6) is 0 Å². The van der Waals surface area contributed by atoms with Crippen molar-refractivity contribution in [3.8, 4) is 0 Å². The monoisotopic (exact) mass is 264 g/mol. The normalized spacial score (nSPS) is 12.6. The highest BCUT2D eigenvalue weighted by atomic mass is 32.2. The number of nitrogen functional groups attached to an aromatic ring is 1. The number of hydrogen-bond acceptors (Lipinski definition) is 4. The lowest BCUT2D eigenvalue weighted by Gasteiger charge is -2.11. The first kappa shape index (κ1) is 12.8. The summed E-state index contributed by atoms with van der Waals surface area (Å²) in [5.41, 5.74) is 7.55. The summed E-state index contributed by atoms with van der Waals surface area (Å²) >= 11 is 1.69. The van der Waals surface area contributed by atoms with Crippen molar-refractivity contribution in [1.82, 2.24) is 15.5 Å². The van der Waals surface area contributed by atoms with Crippen LogP contribution in [0.15, 0.2) is 18.2 Å². The second-order valence-corrected chi connectivity index (χ2v) is 5.12. The van der Waals surface area contributed by atoms with E-state index >= 15 is 0 Å². The molecule has 1 atom stereocenters. The lowest BCUT2D eigenvalue weighted by atomic mass is 10.2. The van der Waals surface area contributed by atoms with E-state index in [1.807, 2.05) is 19.2 Å². The first-order valence-corrected chi connectivity index (χ1v) is 7.04. The molecule has 0 aliphatic rings. The molecule has 0 aliphatic heterocycles. The van der Waals surface area contributed by atoms with Crippen LogP contribution in [0.3, 0.4) is 0 Å². The molecule has 96 valence electrons. The van der Waals surface area contributed by atoms with Crippen molar-refractivity contribution in [1.29, 1.82) is 0 Å². The van der Waals surface area contributed by atoms with Gasteiger partial charge in [0.2, 0.25) is 0 Å². The second-order valence-electron chi connectivity index (χ2n) is 4.21. The van der Waals surface area contributed by atoms with Crippen LogP contribution in [0.2, 0.25) is 0 Å². The van der Waals surface area contributed by atoms with E-state index in [1.165, 1.54) is 0 Å². The molecule has 0 spiro atoms. The molecule has 6 heteroatoms. The van der Waals surface area contributed by atoms with Crippen molar-refractivity contribution in [2.24, 2.45) is 0 Å². The van der Waals surface area contributed by atoms with Gasteiger partial charge in [0.25, 0.3) is 5.91 Å². The van der Waals surface area contributed by atoms with Crippen LogP contribution in [0.25, 0.3) is 10.9 Å². The molecule has 0 radical (unpaired) electrons. The van der Waals surface area contributed by atoms with Gasteiger partial charge in [-0.3, -0.25) is 9.89 Å². The molecule has 2 aromatic rings. The number of thioether (sulfide) groups is 1. The summed E-state index contributed by atoms with van der Waals surface area (Å²) in [5.74, 6) is 0.698. The van der Waals surface area contributed by atoms with E-state index in [0.717, 1.165) is 16.7 Å². The molecule has 0 bridgehead atoms. The van der Waals surface area contributed by atoms with E-state index in [1.54, 1.807) is 23.9 Å². The Hall–Kier alpha value is -1.69. The smallest absolute Gasteiger partial charge is 0.272 e. The number of aromatic amines is 1. The van der Waals surface area contributed by atoms with Crippen LogP contribution >= 0.6 is 11.8 Å². The van der Waals surface area contributed by atoms with E-state index < -0.39 is 0 Å². The van der Waals surface area contributed by atoms with Crippen LogP contribution in [-0.4, -0.2) is 34.2 Å². The van der Waals surface area contributed by atoms with Gasteiger partial charge in [-0.15, -0.1) is 0 Å². The van der Waals surface area contributed by atoms with Gasteiger partial charge in [-0.25, -0.2) is 0 Å². The Bertz CT molecular complexity index is 566. The zero-order valence-corrected chi connectivity index (χ0v) is 11.2. The molecule has 1 aromatic heterocycles. The van der Waals surface area contributed by atoms with Crippen LogP contribution in [0.1, 0.15) is 17.4 Å². The van der Waals surface area contributed by atoms with Gasteiger partial charge in [0.1, 0.15) is 0 Å². The number of nitrogens with one attached hydrogen (secondary N) is 2. The summed E-state index contributed by atoms with van der Waals surface area (Å²) in [6.07, 6.45) is 2.01. The third-order valence-corrected chi connectivity index (χ3v) is 3.43. The predicted octanol–water partition coefficient (Wildman–Crippen LogP) is 1.63. The fraction of sp³-hybridized carbons (Fsp3) is 0.333. The number of anilines is 1. The Morgan fingerprint density at radius 1 is 1.61 bits per heavy atom. The Kier molecular flexibility index (Phi) is 3.76. The number of hydrogen-bond donors (Lipinski definition) is 3. The maximum atomic E-state index is 12.1. The molecule has 1 aromatic carbocycles. The van der Waals surface area contributed by atoms with Crippen molar-refractivity contribution in [3.05, 3.63) is 23.9 Å². The second kappa shape index (κ2) is 5.30. The highest BCUT2D eigenvalue weighted by molar-refractivity contribution is 7.98. The first-order chi connectivity index (χ1) is 8.61. The Labute approximate surface area is 110 Å². The molecule has 0 aliphatic carbocycles. The van der Waals surface area contributed by atoms with Crippen molar-refractivity contribution in [3.63, 3.8) is 0 Å². The number of benzene rings is 1. The Balaban J connectivity index is 2.25. The summed E-state index contributed by atoms with van der Waals surface area (Å²) in [6.45, 7) is 1.97. The molecule has 1 unspecified atom stereocenters. The lowest BCUT2D eigenvalue weighted by Crippen LogP contribution is -2.34. The van der Waals surface area contributed by atoms with E-state index in [9.17, 15) is 4.79 Å². The van der Waals surface area contributed by atoms with Gasteiger partial charge in [0, 0.05) is 22.9 Å².